The van der Waals surface area contributed by atoms with Gasteiger partial charge >= 0.3 is 17.6 Å². The van der Waals surface area contributed by atoms with Gasteiger partial charge in [-0.15, -0.1) is 0 Å². The van der Waals surface area contributed by atoms with Crippen molar-refractivity contribution >= 4 is 28.8 Å². The summed E-state index contributed by atoms with van der Waals surface area (Å²) in [5, 5.41) is 3.20. The number of hydrogen-bond donors (Lipinski definition) is 1. The van der Waals surface area contributed by atoms with E-state index in [9.17, 15) is 19.2 Å². The van der Waals surface area contributed by atoms with Crippen LogP contribution in [0.3, 0.4) is 0 Å². The summed E-state index contributed by atoms with van der Waals surface area (Å²) in [6.45, 7) is 5.92. The smallest absolute Gasteiger partial charge is 0.340 e. The van der Waals surface area contributed by atoms with Crippen LogP contribution in [0.1, 0.15) is 43.5 Å². The molecule has 0 radical (unpaired) electrons. The van der Waals surface area contributed by atoms with Crippen molar-refractivity contribution in [2.24, 2.45) is 0 Å². The summed E-state index contributed by atoms with van der Waals surface area (Å²) in [5.74, 6) is -1.43. The first kappa shape index (κ1) is 22.7. The Hall–Kier alpha value is -3.94. The molecule has 8 nitrogen and oxygen atoms in total. The summed E-state index contributed by atoms with van der Waals surface area (Å²) < 4.78 is 15.7. The van der Waals surface area contributed by atoms with Crippen LogP contribution < -0.4 is 20.4 Å². The lowest BCUT2D eigenvalue weighted by Gasteiger charge is -2.16. The summed E-state index contributed by atoms with van der Waals surface area (Å²) >= 11 is 0. The highest BCUT2D eigenvalue weighted by atomic mass is 16.5. The number of benzene rings is 2. The van der Waals surface area contributed by atoms with E-state index in [2.05, 4.69) is 5.32 Å². The molecule has 0 saturated carbocycles. The normalized spacial score (nSPS) is 11.6. The van der Waals surface area contributed by atoms with E-state index in [0.717, 1.165) is 5.56 Å². The molecule has 1 N–H and O–H groups in total. The summed E-state index contributed by atoms with van der Waals surface area (Å²) in [5.41, 5.74) is 0.877. The molecule has 166 valence electrons. The van der Waals surface area contributed by atoms with Crippen molar-refractivity contribution in [1.29, 1.82) is 0 Å². The van der Waals surface area contributed by atoms with Crippen LogP contribution in [0.2, 0.25) is 0 Å². The Bertz CT molecular complexity index is 1240. The number of esters is 2. The van der Waals surface area contributed by atoms with Crippen molar-refractivity contribution in [2.45, 2.75) is 40.2 Å². The third-order valence-corrected chi connectivity index (χ3v) is 4.85. The zero-order valence-corrected chi connectivity index (χ0v) is 18.2. The average Bonchev–Trinajstić information content (AvgIpc) is 2.70. The molecule has 3 aromatic rings. The minimum Gasteiger partial charge on any atom is -0.426 e. The van der Waals surface area contributed by atoms with Gasteiger partial charge in [-0.1, -0.05) is 30.3 Å². The molecule has 32 heavy (non-hydrogen) atoms. The van der Waals surface area contributed by atoms with Gasteiger partial charge in [0, 0.05) is 26.0 Å². The van der Waals surface area contributed by atoms with E-state index in [-0.39, 0.29) is 41.0 Å². The number of fused-ring (bicyclic) bond motifs is 1. The van der Waals surface area contributed by atoms with Crippen LogP contribution in [0.25, 0.3) is 11.0 Å². The molecular formula is C24H23NO7. The molecule has 1 amide bonds. The number of carbonyl (C=O) groups excluding carboxylic acids is 3. The average molecular weight is 437 g/mol. The maximum Gasteiger partial charge on any atom is 0.340 e. The Morgan fingerprint density at radius 1 is 1.03 bits per heavy atom. The van der Waals surface area contributed by atoms with E-state index < -0.39 is 17.6 Å². The summed E-state index contributed by atoms with van der Waals surface area (Å²) in [6, 6.07) is 11.9. The van der Waals surface area contributed by atoms with Crippen molar-refractivity contribution < 1.29 is 28.3 Å². The number of rotatable bonds is 6. The lowest BCUT2D eigenvalue weighted by Crippen LogP contribution is -2.30. The maximum atomic E-state index is 12.7. The van der Waals surface area contributed by atoms with Crippen LogP contribution in [0.4, 0.5) is 0 Å². The lowest BCUT2D eigenvalue weighted by molar-refractivity contribution is -0.132. The van der Waals surface area contributed by atoms with E-state index in [0.29, 0.717) is 10.9 Å². The van der Waals surface area contributed by atoms with Crippen LogP contribution >= 0.6 is 0 Å². The lowest BCUT2D eigenvalue weighted by atomic mass is 10.0. The number of ether oxygens (including phenoxy) is 2. The molecule has 0 bridgehead atoms. The minimum atomic E-state index is -0.703. The summed E-state index contributed by atoms with van der Waals surface area (Å²) in [7, 11) is 0. The molecule has 1 aromatic heterocycles. The maximum absolute atomic E-state index is 12.7. The zero-order chi connectivity index (χ0) is 23.4. The fourth-order valence-corrected chi connectivity index (χ4v) is 3.42. The van der Waals surface area contributed by atoms with Crippen LogP contribution in [0.15, 0.2) is 51.7 Å². The molecule has 0 saturated heterocycles. The Labute approximate surface area is 184 Å². The fourth-order valence-electron chi connectivity index (χ4n) is 3.42. The van der Waals surface area contributed by atoms with Gasteiger partial charge in [0.15, 0.2) is 0 Å². The van der Waals surface area contributed by atoms with Crippen LogP contribution in [-0.4, -0.2) is 17.8 Å². The number of nitrogens with one attached hydrogen (secondary N) is 1. The largest absolute Gasteiger partial charge is 0.426 e. The van der Waals surface area contributed by atoms with Gasteiger partial charge in [0.2, 0.25) is 5.91 Å². The van der Waals surface area contributed by atoms with Crippen LogP contribution in [0, 0.1) is 6.92 Å². The summed E-state index contributed by atoms with van der Waals surface area (Å²) in [6.07, 6.45) is -0.216. The molecule has 0 fully saturated rings. The highest BCUT2D eigenvalue weighted by Crippen LogP contribution is 2.34. The Kier molecular flexibility index (Phi) is 6.73. The van der Waals surface area contributed by atoms with Crippen LogP contribution in [-0.2, 0) is 20.8 Å². The standard InChI is InChI=1S/C24H23NO7/c1-13-19(12-22(28)25-14(2)17-8-6-5-7-9-17)24(29)32-21-11-18(30-15(3)26)10-20(23(13)21)31-16(4)27/h5-11,14H,12H2,1-4H3,(H,25,28). The second-order valence-electron chi connectivity index (χ2n) is 7.35. The highest BCUT2D eigenvalue weighted by Gasteiger charge is 2.21. The molecule has 0 spiro atoms. The zero-order valence-electron chi connectivity index (χ0n) is 18.2. The Morgan fingerprint density at radius 2 is 1.69 bits per heavy atom. The molecule has 0 aliphatic heterocycles. The van der Waals surface area contributed by atoms with E-state index in [1.807, 2.05) is 37.3 Å². The molecule has 1 unspecified atom stereocenters. The van der Waals surface area contributed by atoms with Gasteiger partial charge in [-0.25, -0.2) is 4.79 Å². The van der Waals surface area contributed by atoms with E-state index >= 15 is 0 Å². The molecule has 8 heteroatoms. The van der Waals surface area contributed by atoms with E-state index in [4.69, 9.17) is 13.9 Å². The first-order chi connectivity index (χ1) is 15.2. The van der Waals surface area contributed by atoms with Crippen molar-refractivity contribution in [1.82, 2.24) is 5.32 Å². The first-order valence-corrected chi connectivity index (χ1v) is 9.97. The quantitative estimate of drug-likeness (QED) is 0.357. The molecule has 0 aliphatic rings. The van der Waals surface area contributed by atoms with E-state index in [1.165, 1.54) is 26.0 Å². The number of hydrogen-bond acceptors (Lipinski definition) is 7. The third-order valence-electron chi connectivity index (χ3n) is 4.85. The monoisotopic (exact) mass is 437 g/mol. The topological polar surface area (TPSA) is 112 Å². The highest BCUT2D eigenvalue weighted by molar-refractivity contribution is 5.92. The Morgan fingerprint density at radius 3 is 2.31 bits per heavy atom. The number of carbonyl (C=O) groups is 3. The number of amides is 1. The van der Waals surface area contributed by atoms with Crippen molar-refractivity contribution in [3.8, 4) is 11.5 Å². The predicted octanol–water partition coefficient (Wildman–Crippen LogP) is 3.37. The molecule has 0 aliphatic carbocycles. The second-order valence-corrected chi connectivity index (χ2v) is 7.35. The van der Waals surface area contributed by atoms with Gasteiger partial charge in [0.1, 0.15) is 17.1 Å². The van der Waals surface area contributed by atoms with Crippen molar-refractivity contribution in [3.05, 3.63) is 69.6 Å². The van der Waals surface area contributed by atoms with Crippen LogP contribution in [0.5, 0.6) is 11.5 Å². The fraction of sp³-hybridized carbons (Fsp3) is 0.250. The number of aryl methyl sites for hydroxylation is 1. The summed E-state index contributed by atoms with van der Waals surface area (Å²) in [4.78, 5) is 48.2. The van der Waals surface area contributed by atoms with Gasteiger partial charge < -0.3 is 19.2 Å². The molecule has 1 atom stereocenters. The molecule has 2 aromatic carbocycles. The van der Waals surface area contributed by atoms with E-state index in [1.54, 1.807) is 6.92 Å². The van der Waals surface area contributed by atoms with Gasteiger partial charge in [-0.3, -0.25) is 14.4 Å². The van der Waals surface area contributed by atoms with Gasteiger partial charge in [0.25, 0.3) is 0 Å². The van der Waals surface area contributed by atoms with Gasteiger partial charge in [-0.2, -0.15) is 0 Å². The first-order valence-electron chi connectivity index (χ1n) is 9.97. The SMILES string of the molecule is CC(=O)Oc1cc(OC(C)=O)c2c(C)c(CC(=O)NC(C)c3ccccc3)c(=O)oc2c1. The molecular weight excluding hydrogens is 414 g/mol. The van der Waals surface area contributed by atoms with Crippen molar-refractivity contribution in [3.63, 3.8) is 0 Å². The predicted molar refractivity (Wildman–Crippen MR) is 117 cm³/mol. The van der Waals surface area contributed by atoms with Gasteiger partial charge in [0.05, 0.1) is 23.4 Å². The molecule has 1 heterocycles. The second kappa shape index (κ2) is 9.47. The molecule has 3 rings (SSSR count). The Balaban J connectivity index is 1.98. The minimum absolute atomic E-state index is 0.0611. The van der Waals surface area contributed by atoms with Gasteiger partial charge in [-0.05, 0) is 25.0 Å². The third kappa shape index (κ3) is 5.21. The van der Waals surface area contributed by atoms with Crippen molar-refractivity contribution in [2.75, 3.05) is 0 Å².